The first-order valence-electron chi connectivity index (χ1n) is 16.1. The van der Waals surface area contributed by atoms with E-state index in [9.17, 15) is 0 Å². The largest absolute Gasteiger partial charge is 0.456 e. The third-order valence-electron chi connectivity index (χ3n) is 7.73. The molecule has 0 saturated carbocycles. The molecule has 0 spiro atoms. The maximum absolute atomic E-state index is 8.75. The summed E-state index contributed by atoms with van der Waals surface area (Å²) in [4.78, 5) is 14.7. The van der Waals surface area contributed by atoms with Gasteiger partial charge in [-0.2, -0.15) is 9.97 Å². The van der Waals surface area contributed by atoms with Crippen molar-refractivity contribution in [2.24, 2.45) is 0 Å². The molecule has 0 amide bonds. The van der Waals surface area contributed by atoms with Crippen molar-refractivity contribution in [1.82, 2.24) is 19.5 Å². The Balaban J connectivity index is 1.41. The minimum atomic E-state index is -0.484. The highest BCUT2D eigenvalue weighted by molar-refractivity contribution is 6.15. The van der Waals surface area contributed by atoms with E-state index >= 15 is 0 Å². The van der Waals surface area contributed by atoms with Gasteiger partial charge in [-0.3, -0.25) is 4.57 Å². The Morgan fingerprint density at radius 2 is 1.24 bits per heavy atom. The second-order valence-electron chi connectivity index (χ2n) is 10.1. The molecule has 0 saturated heterocycles. The first kappa shape index (κ1) is 18.5. The molecular weight excluding hydrogens is 516 g/mol. The normalized spacial score (nSPS) is 13.5. The molecule has 3 heterocycles. The van der Waals surface area contributed by atoms with E-state index in [4.69, 9.17) is 26.2 Å². The Morgan fingerprint density at radius 1 is 0.571 bits per heavy atom. The van der Waals surface area contributed by atoms with Crippen LogP contribution in [0.5, 0.6) is 0 Å². The van der Waals surface area contributed by atoms with Crippen LogP contribution < -0.4 is 0 Å². The fraction of sp³-hybridized carbons (Fsp3) is 0. The molecule has 0 aliphatic rings. The zero-order valence-electron chi connectivity index (χ0n) is 27.0. The maximum atomic E-state index is 8.75. The molecule has 0 aliphatic carbocycles. The lowest BCUT2D eigenvalue weighted by molar-refractivity contribution is 0.669. The smallest absolute Gasteiger partial charge is 0.238 e. The third-order valence-corrected chi connectivity index (χ3v) is 7.73. The van der Waals surface area contributed by atoms with Gasteiger partial charge in [0, 0.05) is 32.7 Å². The van der Waals surface area contributed by atoms with Gasteiger partial charge in [0.25, 0.3) is 0 Å². The fourth-order valence-electron chi connectivity index (χ4n) is 5.89. The van der Waals surface area contributed by atoms with Gasteiger partial charge in [0.05, 0.1) is 17.9 Å². The molecule has 0 atom stereocenters. The second kappa shape index (κ2) is 8.85. The number of hydrogen-bond donors (Lipinski definition) is 0. The van der Waals surface area contributed by atoms with E-state index in [-0.39, 0.29) is 35.2 Å². The van der Waals surface area contributed by atoms with Crippen LogP contribution in [-0.2, 0) is 0 Å². The van der Waals surface area contributed by atoms with Gasteiger partial charge in [-0.05, 0) is 41.1 Å². The highest BCUT2D eigenvalue weighted by atomic mass is 16.3. The molecule has 0 N–H and O–H groups in total. The summed E-state index contributed by atoms with van der Waals surface area (Å²) in [7, 11) is 0. The Kier molecular flexibility index (Phi) is 3.90. The van der Waals surface area contributed by atoms with E-state index in [2.05, 4.69) is 12.1 Å². The molecule has 5 nitrogen and oxygen atoms in total. The van der Waals surface area contributed by atoms with E-state index < -0.39 is 18.1 Å². The van der Waals surface area contributed by atoms with E-state index in [1.165, 1.54) is 0 Å². The molecule has 6 aromatic carbocycles. The minimum absolute atomic E-state index is 0.0286. The van der Waals surface area contributed by atoms with Gasteiger partial charge in [0.1, 0.15) is 11.2 Å². The van der Waals surface area contributed by atoms with E-state index in [0.717, 1.165) is 43.4 Å². The Bertz CT molecular complexity index is 2690. The molecule has 9 rings (SSSR count). The van der Waals surface area contributed by atoms with Crippen molar-refractivity contribution in [2.75, 3.05) is 0 Å². The number of rotatable bonds is 3. The van der Waals surface area contributed by atoms with Crippen LogP contribution in [0.25, 0.3) is 83.2 Å². The number of aromatic nitrogens is 4. The second-order valence-corrected chi connectivity index (χ2v) is 10.1. The van der Waals surface area contributed by atoms with Crippen molar-refractivity contribution >= 4 is 54.5 Å². The summed E-state index contributed by atoms with van der Waals surface area (Å²) < 4.78 is 50.6. The Hall–Kier alpha value is -5.81. The van der Waals surface area contributed by atoms with Gasteiger partial charge in [0.2, 0.25) is 5.95 Å². The van der Waals surface area contributed by atoms with Crippen molar-refractivity contribution in [1.29, 1.82) is 0 Å². The molecular formula is C37H22N4O. The van der Waals surface area contributed by atoms with Crippen LogP contribution in [-0.4, -0.2) is 19.5 Å². The van der Waals surface area contributed by atoms with Crippen LogP contribution in [0.1, 0.15) is 6.85 Å². The highest BCUT2D eigenvalue weighted by Crippen LogP contribution is 2.38. The summed E-state index contributed by atoms with van der Waals surface area (Å²) in [5.74, 6) is 0.503. The zero-order valence-corrected chi connectivity index (χ0v) is 22.0. The number of benzene rings is 6. The van der Waals surface area contributed by atoms with Gasteiger partial charge < -0.3 is 4.42 Å². The van der Waals surface area contributed by atoms with Crippen LogP contribution in [0.15, 0.2) is 138 Å². The summed E-state index contributed by atoms with van der Waals surface area (Å²) in [6.07, 6.45) is 0. The molecule has 0 fully saturated rings. The van der Waals surface area contributed by atoms with Gasteiger partial charge in [-0.15, -0.1) is 0 Å². The molecule has 196 valence electrons. The summed E-state index contributed by atoms with van der Waals surface area (Å²) in [6, 6.07) is 31.6. The van der Waals surface area contributed by atoms with Crippen LogP contribution in [0.2, 0.25) is 0 Å². The fourth-order valence-corrected chi connectivity index (χ4v) is 5.89. The number of hydrogen-bond acceptors (Lipinski definition) is 4. The summed E-state index contributed by atoms with van der Waals surface area (Å²) in [5, 5.41) is 5.81. The SMILES string of the molecule is [2H]c1c([2H])c([2H])c(-c2nc(-c3cccc4oc5cc6ccccc6cc5c34)nc(-n3c4ccccc4c4ccccc43)n2)c([2H])c1[2H]. The predicted molar refractivity (Wildman–Crippen MR) is 170 cm³/mol. The van der Waals surface area contributed by atoms with Crippen molar-refractivity contribution in [3.05, 3.63) is 133 Å². The van der Waals surface area contributed by atoms with Crippen LogP contribution in [0.3, 0.4) is 0 Å². The predicted octanol–water partition coefficient (Wildman–Crippen LogP) is 9.36. The first-order chi connectivity index (χ1) is 22.9. The standard InChI is InChI=1S/C37H22N4O/c1-2-11-23(12-3-1)35-38-36(40-37(39-35)41-30-18-8-6-15-26(30)27-16-7-9-19-31(27)41)28-17-10-20-32-34(28)29-21-24-13-4-5-14-25(24)22-33(29)42-32/h1-22H/i1D,2D,3D,11D,12D. The lowest BCUT2D eigenvalue weighted by atomic mass is 10.0. The maximum Gasteiger partial charge on any atom is 0.238 e. The van der Waals surface area contributed by atoms with Gasteiger partial charge in [-0.25, -0.2) is 4.98 Å². The average molecular weight is 544 g/mol. The van der Waals surface area contributed by atoms with Gasteiger partial charge in [-0.1, -0.05) is 103 Å². The lowest BCUT2D eigenvalue weighted by Gasteiger charge is -2.11. The van der Waals surface area contributed by atoms with Crippen LogP contribution in [0, 0.1) is 0 Å². The number of furan rings is 1. The van der Waals surface area contributed by atoms with E-state index in [1.807, 2.05) is 95.6 Å². The summed E-state index contributed by atoms with van der Waals surface area (Å²) in [5.41, 5.74) is 3.64. The highest BCUT2D eigenvalue weighted by Gasteiger charge is 2.20. The van der Waals surface area contributed by atoms with Crippen LogP contribution >= 0.6 is 0 Å². The monoisotopic (exact) mass is 543 g/mol. The van der Waals surface area contributed by atoms with Crippen molar-refractivity contribution < 1.29 is 11.3 Å². The third kappa shape index (κ3) is 3.40. The molecule has 0 radical (unpaired) electrons. The van der Waals surface area contributed by atoms with Crippen molar-refractivity contribution in [3.8, 4) is 28.7 Å². The van der Waals surface area contributed by atoms with Crippen molar-refractivity contribution in [3.63, 3.8) is 0 Å². The number of para-hydroxylation sites is 2. The Labute approximate surface area is 247 Å². The van der Waals surface area contributed by atoms with Crippen molar-refractivity contribution in [2.45, 2.75) is 0 Å². The van der Waals surface area contributed by atoms with Gasteiger partial charge in [0.15, 0.2) is 11.6 Å². The van der Waals surface area contributed by atoms with E-state index in [1.54, 1.807) is 0 Å². The quantitative estimate of drug-likeness (QED) is 0.223. The summed E-state index contributed by atoms with van der Waals surface area (Å²) >= 11 is 0. The molecule has 3 aromatic heterocycles. The average Bonchev–Trinajstić information content (AvgIpc) is 3.64. The first-order valence-corrected chi connectivity index (χ1v) is 13.6. The number of nitrogens with zero attached hydrogens (tertiary/aromatic N) is 4. The molecule has 0 bridgehead atoms. The lowest BCUT2D eigenvalue weighted by Crippen LogP contribution is -2.06. The number of fused-ring (bicyclic) bond motifs is 7. The molecule has 0 aliphatic heterocycles. The minimum Gasteiger partial charge on any atom is -0.456 e. The Morgan fingerprint density at radius 3 is 2.00 bits per heavy atom. The molecule has 5 heteroatoms. The topological polar surface area (TPSA) is 56.7 Å². The molecule has 0 unspecified atom stereocenters. The summed E-state index contributed by atoms with van der Waals surface area (Å²) in [6.45, 7) is 0. The molecule has 9 aromatic rings. The zero-order chi connectivity index (χ0) is 32.0. The molecule has 42 heavy (non-hydrogen) atoms. The van der Waals surface area contributed by atoms with Gasteiger partial charge >= 0.3 is 0 Å². The van der Waals surface area contributed by atoms with E-state index in [0.29, 0.717) is 16.7 Å². The van der Waals surface area contributed by atoms with Crippen LogP contribution in [0.4, 0.5) is 0 Å².